The van der Waals surface area contributed by atoms with Crippen molar-refractivity contribution in [3.63, 3.8) is 0 Å². The zero-order valence-corrected chi connectivity index (χ0v) is 21.6. The summed E-state index contributed by atoms with van der Waals surface area (Å²) in [4.78, 5) is 30.6. The number of carbonyl (C=O) groups is 2. The van der Waals surface area contributed by atoms with Gasteiger partial charge in [-0.2, -0.15) is 0 Å². The molecule has 2 aromatic carbocycles. The molecule has 0 amide bonds. The van der Waals surface area contributed by atoms with Crippen molar-refractivity contribution in [2.45, 2.75) is 41.2 Å². The second-order valence-corrected chi connectivity index (χ2v) is 8.68. The van der Waals surface area contributed by atoms with Gasteiger partial charge in [-0.05, 0) is 58.4 Å². The van der Waals surface area contributed by atoms with Crippen LogP contribution in [0, 0.1) is 20.8 Å². The van der Waals surface area contributed by atoms with Crippen molar-refractivity contribution in [2.75, 3.05) is 13.2 Å². The molecule has 0 atom stereocenters. The van der Waals surface area contributed by atoms with Crippen LogP contribution in [0.2, 0.25) is 0 Å². The summed E-state index contributed by atoms with van der Waals surface area (Å²) in [7, 11) is 0. The van der Waals surface area contributed by atoms with Crippen molar-refractivity contribution in [3.8, 4) is 16.9 Å². The molecule has 3 aromatic rings. The lowest BCUT2D eigenvalue weighted by atomic mass is 9.91. The van der Waals surface area contributed by atoms with Gasteiger partial charge in [0.1, 0.15) is 12.4 Å². The van der Waals surface area contributed by atoms with Crippen LogP contribution in [0.5, 0.6) is 5.75 Å². The number of aryl methyl sites for hydroxylation is 3. The smallest absolute Gasteiger partial charge is 0.340 e. The SMILES string of the molecule is CCOC(=O)c1c(C)nc(C)c(C(=O)OCC)c1-c1cc(Br)ccc1OCc1ccc(C)cc1. The van der Waals surface area contributed by atoms with E-state index in [0.717, 1.165) is 15.6 Å². The Morgan fingerprint density at radius 1 is 0.853 bits per heavy atom. The zero-order chi connectivity index (χ0) is 24.8. The van der Waals surface area contributed by atoms with Crippen LogP contribution in [-0.2, 0) is 16.1 Å². The monoisotopic (exact) mass is 525 g/mol. The van der Waals surface area contributed by atoms with E-state index in [1.165, 1.54) is 0 Å². The molecular weight excluding hydrogens is 498 g/mol. The Labute approximate surface area is 208 Å². The topological polar surface area (TPSA) is 74.7 Å². The Bertz CT molecular complexity index is 1160. The van der Waals surface area contributed by atoms with Crippen molar-refractivity contribution in [1.29, 1.82) is 0 Å². The molecule has 0 saturated carbocycles. The second-order valence-electron chi connectivity index (χ2n) is 7.76. The molecule has 0 bridgehead atoms. The van der Waals surface area contributed by atoms with Crippen molar-refractivity contribution < 1.29 is 23.8 Å². The number of rotatable bonds is 8. The summed E-state index contributed by atoms with van der Waals surface area (Å²) >= 11 is 3.52. The number of aromatic nitrogens is 1. The predicted octanol–water partition coefficient (Wildman–Crippen LogP) is 6.37. The van der Waals surface area contributed by atoms with Crippen LogP contribution < -0.4 is 4.74 Å². The van der Waals surface area contributed by atoms with Crippen LogP contribution in [-0.4, -0.2) is 30.1 Å². The molecule has 0 fully saturated rings. The number of halogens is 1. The van der Waals surface area contributed by atoms with E-state index in [9.17, 15) is 9.59 Å². The summed E-state index contributed by atoms with van der Waals surface area (Å²) in [5, 5.41) is 0. The maximum atomic E-state index is 13.0. The van der Waals surface area contributed by atoms with Crippen LogP contribution in [0.1, 0.15) is 57.1 Å². The van der Waals surface area contributed by atoms with Crippen molar-refractivity contribution in [2.24, 2.45) is 0 Å². The van der Waals surface area contributed by atoms with Gasteiger partial charge in [-0.1, -0.05) is 45.8 Å². The van der Waals surface area contributed by atoms with E-state index < -0.39 is 11.9 Å². The highest BCUT2D eigenvalue weighted by Crippen LogP contribution is 2.40. The number of carbonyl (C=O) groups excluding carboxylic acids is 2. The third kappa shape index (κ3) is 5.65. The highest BCUT2D eigenvalue weighted by molar-refractivity contribution is 9.10. The Balaban J connectivity index is 2.23. The molecule has 0 aliphatic carbocycles. The van der Waals surface area contributed by atoms with E-state index in [1.54, 1.807) is 27.7 Å². The van der Waals surface area contributed by atoms with E-state index in [4.69, 9.17) is 14.2 Å². The van der Waals surface area contributed by atoms with Gasteiger partial charge >= 0.3 is 11.9 Å². The highest BCUT2D eigenvalue weighted by Gasteiger charge is 2.29. The molecule has 0 radical (unpaired) electrons. The van der Waals surface area contributed by atoms with Gasteiger partial charge in [-0.15, -0.1) is 0 Å². The Morgan fingerprint density at radius 3 is 1.94 bits per heavy atom. The molecule has 0 N–H and O–H groups in total. The van der Waals surface area contributed by atoms with E-state index in [0.29, 0.717) is 34.9 Å². The molecule has 0 unspecified atom stereocenters. The quantitative estimate of drug-likeness (QED) is 0.318. The summed E-state index contributed by atoms with van der Waals surface area (Å²) in [5.74, 6) is -0.597. The Hall–Kier alpha value is -3.19. The summed E-state index contributed by atoms with van der Waals surface area (Å²) in [6.07, 6.45) is 0. The minimum absolute atomic E-state index is 0.190. The first-order chi connectivity index (χ1) is 16.3. The standard InChI is InChI=1S/C27H28BrNO5/c1-6-32-26(30)23-17(4)29-18(5)24(27(31)33-7-2)25(23)21-14-20(28)12-13-22(21)34-15-19-10-8-16(3)9-11-19/h8-14H,6-7,15H2,1-5H3. The zero-order valence-electron chi connectivity index (χ0n) is 20.0. The van der Waals surface area contributed by atoms with Crippen LogP contribution in [0.3, 0.4) is 0 Å². The molecule has 3 rings (SSSR count). The van der Waals surface area contributed by atoms with Gasteiger partial charge in [0, 0.05) is 15.6 Å². The molecule has 1 heterocycles. The van der Waals surface area contributed by atoms with Gasteiger partial charge < -0.3 is 14.2 Å². The minimum atomic E-state index is -0.558. The molecular formula is C27H28BrNO5. The summed E-state index contributed by atoms with van der Waals surface area (Å²) in [6.45, 7) is 9.64. The molecule has 0 spiro atoms. The average molecular weight is 526 g/mol. The molecule has 178 valence electrons. The van der Waals surface area contributed by atoms with E-state index in [-0.39, 0.29) is 24.3 Å². The molecule has 0 aliphatic heterocycles. The van der Waals surface area contributed by atoms with Gasteiger partial charge in [0.25, 0.3) is 0 Å². The Morgan fingerprint density at radius 2 is 1.41 bits per heavy atom. The molecule has 7 heteroatoms. The average Bonchev–Trinajstić information content (AvgIpc) is 2.79. The lowest BCUT2D eigenvalue weighted by Crippen LogP contribution is -2.17. The highest BCUT2D eigenvalue weighted by atomic mass is 79.9. The maximum absolute atomic E-state index is 13.0. The number of hydrogen-bond donors (Lipinski definition) is 0. The van der Waals surface area contributed by atoms with Gasteiger partial charge in [-0.3, -0.25) is 4.98 Å². The van der Waals surface area contributed by atoms with Crippen molar-refractivity contribution in [1.82, 2.24) is 4.98 Å². The molecule has 34 heavy (non-hydrogen) atoms. The molecule has 1 aromatic heterocycles. The fourth-order valence-electron chi connectivity index (χ4n) is 3.69. The lowest BCUT2D eigenvalue weighted by Gasteiger charge is -2.20. The van der Waals surface area contributed by atoms with Crippen LogP contribution in [0.15, 0.2) is 46.9 Å². The molecule has 0 saturated heterocycles. The van der Waals surface area contributed by atoms with Crippen LogP contribution >= 0.6 is 15.9 Å². The normalized spacial score (nSPS) is 10.6. The fraction of sp³-hybridized carbons (Fsp3) is 0.296. The lowest BCUT2D eigenvalue weighted by molar-refractivity contribution is 0.0525. The number of nitrogens with zero attached hydrogens (tertiary/aromatic N) is 1. The first-order valence-electron chi connectivity index (χ1n) is 11.1. The Kier molecular flexibility index (Phi) is 8.45. The first-order valence-corrected chi connectivity index (χ1v) is 11.9. The summed E-state index contributed by atoms with van der Waals surface area (Å²) in [6, 6.07) is 13.5. The summed E-state index contributed by atoms with van der Waals surface area (Å²) < 4.78 is 17.6. The number of esters is 2. The van der Waals surface area contributed by atoms with E-state index >= 15 is 0 Å². The third-order valence-electron chi connectivity index (χ3n) is 5.24. The largest absolute Gasteiger partial charge is 0.488 e. The van der Waals surface area contributed by atoms with Gasteiger partial charge in [0.15, 0.2) is 0 Å². The minimum Gasteiger partial charge on any atom is -0.488 e. The number of benzene rings is 2. The maximum Gasteiger partial charge on any atom is 0.340 e. The van der Waals surface area contributed by atoms with Crippen LogP contribution in [0.4, 0.5) is 0 Å². The third-order valence-corrected chi connectivity index (χ3v) is 5.74. The molecule has 6 nitrogen and oxygen atoms in total. The summed E-state index contributed by atoms with van der Waals surface area (Å²) in [5.41, 5.74) is 4.48. The van der Waals surface area contributed by atoms with Crippen LogP contribution in [0.25, 0.3) is 11.1 Å². The molecule has 0 aliphatic rings. The van der Waals surface area contributed by atoms with E-state index in [1.807, 2.05) is 49.4 Å². The van der Waals surface area contributed by atoms with Crippen molar-refractivity contribution >= 4 is 27.9 Å². The number of hydrogen-bond acceptors (Lipinski definition) is 6. The number of ether oxygens (including phenoxy) is 3. The van der Waals surface area contributed by atoms with Gasteiger partial charge in [0.2, 0.25) is 0 Å². The fourth-order valence-corrected chi connectivity index (χ4v) is 4.06. The van der Waals surface area contributed by atoms with E-state index in [2.05, 4.69) is 20.9 Å². The number of pyridine rings is 1. The van der Waals surface area contributed by atoms with Gasteiger partial charge in [-0.25, -0.2) is 9.59 Å². The second kappa shape index (κ2) is 11.3. The van der Waals surface area contributed by atoms with Crippen molar-refractivity contribution in [3.05, 3.63) is 80.6 Å². The first kappa shape index (κ1) is 25.4. The van der Waals surface area contributed by atoms with Gasteiger partial charge in [0.05, 0.1) is 35.7 Å². The predicted molar refractivity (Wildman–Crippen MR) is 134 cm³/mol.